The molecule has 0 heterocycles. The molecule has 0 saturated heterocycles. The van der Waals surface area contributed by atoms with Gasteiger partial charge in [-0.25, -0.2) is 0 Å². The van der Waals surface area contributed by atoms with Crippen molar-refractivity contribution in [1.29, 1.82) is 0 Å². The number of carbonyl (C=O) groups excluding carboxylic acids is 1. The van der Waals surface area contributed by atoms with Crippen LogP contribution in [0.15, 0.2) is 0 Å². The van der Waals surface area contributed by atoms with Gasteiger partial charge in [-0.15, -0.1) is 0 Å². The van der Waals surface area contributed by atoms with Crippen molar-refractivity contribution in [2.75, 3.05) is 0 Å². The van der Waals surface area contributed by atoms with E-state index in [1.165, 1.54) is 0 Å². The van der Waals surface area contributed by atoms with Crippen molar-refractivity contribution >= 4 is 5.78 Å². The molecule has 0 spiro atoms. The van der Waals surface area contributed by atoms with Gasteiger partial charge < -0.3 is 5.11 Å². The van der Waals surface area contributed by atoms with Crippen molar-refractivity contribution in [3.63, 3.8) is 0 Å². The van der Waals surface area contributed by atoms with Gasteiger partial charge in [0.25, 0.3) is 0 Å². The van der Waals surface area contributed by atoms with E-state index in [4.69, 9.17) is 5.11 Å². The van der Waals surface area contributed by atoms with Gasteiger partial charge in [0, 0.05) is 18.9 Å². The predicted octanol–water partition coefficient (Wildman–Crippen LogP) is 3.32. The minimum Gasteiger partial charge on any atom is -0.394 e. The number of aliphatic hydroxyl groups excluding tert-OH is 1. The third-order valence-electron chi connectivity index (χ3n) is 1.62. The van der Waals surface area contributed by atoms with Crippen LogP contribution in [-0.2, 0) is 4.79 Å². The number of ketones is 1. The first kappa shape index (κ1) is 16.1. The lowest BCUT2D eigenvalue weighted by atomic mass is 10.1. The molecule has 0 aromatic carbocycles. The van der Waals surface area contributed by atoms with Crippen LogP contribution in [0.5, 0.6) is 0 Å². The Hall–Kier alpha value is -0.370. The lowest BCUT2D eigenvalue weighted by Crippen LogP contribution is -1.96. The second-order valence-corrected chi connectivity index (χ2v) is 3.84. The molecule has 0 fully saturated rings. The van der Waals surface area contributed by atoms with Gasteiger partial charge in [0.1, 0.15) is 5.78 Å². The average Bonchev–Trinajstić information content (AvgIpc) is 2.10. The monoisotopic (exact) mass is 202 g/mol. The summed E-state index contributed by atoms with van der Waals surface area (Å²) in [5.74, 6) is 0.448. The summed E-state index contributed by atoms with van der Waals surface area (Å²) in [4.78, 5) is 11.0. The van der Waals surface area contributed by atoms with Crippen LogP contribution in [0.1, 0.15) is 66.2 Å². The molecule has 0 rings (SSSR count). The Morgan fingerprint density at radius 3 is 1.57 bits per heavy atom. The number of unbranched alkanes of at least 4 members (excludes halogenated alkanes) is 2. The van der Waals surface area contributed by atoms with Crippen LogP contribution in [0.3, 0.4) is 0 Å². The topological polar surface area (TPSA) is 37.3 Å². The lowest BCUT2D eigenvalue weighted by molar-refractivity contribution is -0.119. The van der Waals surface area contributed by atoms with Gasteiger partial charge in [-0.05, 0) is 26.7 Å². The Bertz CT molecular complexity index is 107. The molecule has 0 aliphatic carbocycles. The quantitative estimate of drug-likeness (QED) is 0.717. The summed E-state index contributed by atoms with van der Waals surface area (Å²) in [5, 5.41) is 8.06. The molecule has 0 atom stereocenters. The Labute approximate surface area is 88.7 Å². The van der Waals surface area contributed by atoms with Gasteiger partial charge in [0.05, 0.1) is 0 Å². The first-order valence-corrected chi connectivity index (χ1v) is 5.74. The maximum absolute atomic E-state index is 11.0. The Balaban J connectivity index is 0. The molecule has 86 valence electrons. The summed E-state index contributed by atoms with van der Waals surface area (Å²) in [6.45, 7) is 7.68. The zero-order chi connectivity index (χ0) is 11.4. The van der Waals surface area contributed by atoms with Gasteiger partial charge in [-0.3, -0.25) is 4.79 Å². The van der Waals surface area contributed by atoms with E-state index in [2.05, 4.69) is 13.8 Å². The number of aliphatic hydroxyl groups is 1. The standard InChI is InChI=1S/C9H18O.C3H8O/c1-3-5-7-9(10)8-6-4-2;1-3(2)4/h3-8H2,1-2H3;3-4H,1-2H3. The summed E-state index contributed by atoms with van der Waals surface area (Å²) in [7, 11) is 0. The summed E-state index contributed by atoms with van der Waals surface area (Å²) in [5.41, 5.74) is 0. The van der Waals surface area contributed by atoms with E-state index >= 15 is 0 Å². The molecule has 14 heavy (non-hydrogen) atoms. The number of hydrogen-bond donors (Lipinski definition) is 1. The molecular formula is C12H26O2. The zero-order valence-corrected chi connectivity index (χ0v) is 10.2. The summed E-state index contributed by atoms with van der Waals surface area (Å²) >= 11 is 0. The SMILES string of the molecule is CC(C)O.CCCCC(=O)CCCC. The molecule has 2 heteroatoms. The van der Waals surface area contributed by atoms with Crippen molar-refractivity contribution in [2.24, 2.45) is 0 Å². The van der Waals surface area contributed by atoms with Gasteiger partial charge >= 0.3 is 0 Å². The minimum atomic E-state index is -0.167. The zero-order valence-electron chi connectivity index (χ0n) is 10.2. The highest BCUT2D eigenvalue weighted by Crippen LogP contribution is 2.02. The van der Waals surface area contributed by atoms with Crippen molar-refractivity contribution < 1.29 is 9.90 Å². The van der Waals surface area contributed by atoms with Crippen LogP contribution in [-0.4, -0.2) is 17.0 Å². The second kappa shape index (κ2) is 12.6. The molecule has 0 aliphatic rings. The third kappa shape index (κ3) is 22.6. The molecular weight excluding hydrogens is 176 g/mol. The highest BCUT2D eigenvalue weighted by molar-refractivity contribution is 5.78. The highest BCUT2D eigenvalue weighted by atomic mass is 16.3. The van der Waals surface area contributed by atoms with E-state index in [1.807, 2.05) is 0 Å². The molecule has 0 saturated carbocycles. The van der Waals surface area contributed by atoms with Gasteiger partial charge in [0.15, 0.2) is 0 Å². The van der Waals surface area contributed by atoms with E-state index in [0.29, 0.717) is 5.78 Å². The lowest BCUT2D eigenvalue weighted by Gasteiger charge is -1.96. The summed E-state index contributed by atoms with van der Waals surface area (Å²) < 4.78 is 0. The second-order valence-electron chi connectivity index (χ2n) is 3.84. The van der Waals surface area contributed by atoms with E-state index in [1.54, 1.807) is 13.8 Å². The first-order chi connectivity index (χ1) is 6.54. The normalized spacial score (nSPS) is 9.57. The Morgan fingerprint density at radius 2 is 1.36 bits per heavy atom. The molecule has 0 aromatic heterocycles. The Morgan fingerprint density at radius 1 is 1.07 bits per heavy atom. The molecule has 0 unspecified atom stereocenters. The third-order valence-corrected chi connectivity index (χ3v) is 1.62. The van der Waals surface area contributed by atoms with Crippen LogP contribution in [0.2, 0.25) is 0 Å². The van der Waals surface area contributed by atoms with Crippen LogP contribution in [0, 0.1) is 0 Å². The van der Waals surface area contributed by atoms with E-state index in [-0.39, 0.29) is 6.10 Å². The van der Waals surface area contributed by atoms with E-state index < -0.39 is 0 Å². The molecule has 2 nitrogen and oxygen atoms in total. The molecule has 0 aromatic rings. The van der Waals surface area contributed by atoms with E-state index in [9.17, 15) is 4.79 Å². The minimum absolute atomic E-state index is 0.167. The van der Waals surface area contributed by atoms with Crippen molar-refractivity contribution in [2.45, 2.75) is 72.3 Å². The fraction of sp³-hybridized carbons (Fsp3) is 0.917. The number of carbonyl (C=O) groups is 1. The van der Waals surface area contributed by atoms with Crippen molar-refractivity contribution in [3.05, 3.63) is 0 Å². The molecule has 1 N–H and O–H groups in total. The molecule has 0 aliphatic heterocycles. The predicted molar refractivity (Wildman–Crippen MR) is 61.4 cm³/mol. The van der Waals surface area contributed by atoms with Crippen LogP contribution in [0.4, 0.5) is 0 Å². The first-order valence-electron chi connectivity index (χ1n) is 5.74. The maximum atomic E-state index is 11.0. The number of hydrogen-bond acceptors (Lipinski definition) is 2. The highest BCUT2D eigenvalue weighted by Gasteiger charge is 1.98. The van der Waals surface area contributed by atoms with Crippen LogP contribution >= 0.6 is 0 Å². The largest absolute Gasteiger partial charge is 0.394 e. The van der Waals surface area contributed by atoms with Gasteiger partial charge in [-0.2, -0.15) is 0 Å². The molecule has 0 bridgehead atoms. The number of rotatable bonds is 6. The van der Waals surface area contributed by atoms with Gasteiger partial charge in [-0.1, -0.05) is 26.7 Å². The average molecular weight is 202 g/mol. The fourth-order valence-corrected chi connectivity index (χ4v) is 0.873. The van der Waals surface area contributed by atoms with Crippen LogP contribution in [0.25, 0.3) is 0 Å². The maximum Gasteiger partial charge on any atom is 0.132 e. The molecule has 0 radical (unpaired) electrons. The van der Waals surface area contributed by atoms with E-state index in [0.717, 1.165) is 38.5 Å². The Kier molecular flexibility index (Phi) is 14.5. The molecule has 0 amide bonds. The van der Waals surface area contributed by atoms with Crippen molar-refractivity contribution in [3.8, 4) is 0 Å². The smallest absolute Gasteiger partial charge is 0.132 e. The summed E-state index contributed by atoms with van der Waals surface area (Å²) in [6, 6.07) is 0. The fourth-order valence-electron chi connectivity index (χ4n) is 0.873. The summed E-state index contributed by atoms with van der Waals surface area (Å²) in [6.07, 6.45) is 5.85. The van der Waals surface area contributed by atoms with Crippen molar-refractivity contribution in [1.82, 2.24) is 0 Å². The van der Waals surface area contributed by atoms with Crippen LogP contribution < -0.4 is 0 Å². The van der Waals surface area contributed by atoms with Gasteiger partial charge in [0.2, 0.25) is 0 Å². The number of Topliss-reactive ketones (excluding diaryl/α,β-unsaturated/α-hetero) is 1.